The third kappa shape index (κ3) is 3.40. The number of ether oxygens (including phenoxy) is 1. The molecule has 0 radical (unpaired) electrons. The van der Waals surface area contributed by atoms with Gasteiger partial charge in [0.1, 0.15) is 11.6 Å². The smallest absolute Gasteiger partial charge is 0.270 e. The topological polar surface area (TPSA) is 117 Å². The van der Waals surface area contributed by atoms with Gasteiger partial charge >= 0.3 is 0 Å². The number of primary amides is 1. The summed E-state index contributed by atoms with van der Waals surface area (Å²) in [7, 11) is 1.41. The molecule has 1 aliphatic heterocycles. The van der Waals surface area contributed by atoms with Gasteiger partial charge < -0.3 is 15.6 Å². The lowest BCUT2D eigenvalue weighted by Crippen LogP contribution is -2.24. The second-order valence-electron chi connectivity index (χ2n) is 4.47. The zero-order valence-corrected chi connectivity index (χ0v) is 14.0. The molecule has 2 amide bonds. The number of thioether (sulfide) groups is 1. The van der Waals surface area contributed by atoms with Crippen molar-refractivity contribution in [1.82, 2.24) is 4.90 Å². The quantitative estimate of drug-likeness (QED) is 0.474. The highest BCUT2D eigenvalue weighted by Crippen LogP contribution is 2.37. The van der Waals surface area contributed by atoms with Gasteiger partial charge in [-0.05, 0) is 12.1 Å². The Labute approximate surface area is 147 Å². The first kappa shape index (κ1) is 17.5. The number of aromatic hydroxyl groups is 1. The molecule has 24 heavy (non-hydrogen) atoms. The van der Waals surface area contributed by atoms with E-state index < -0.39 is 17.4 Å². The molecule has 1 heterocycles. The van der Waals surface area contributed by atoms with Crippen LogP contribution in [-0.4, -0.2) is 33.3 Å². The first-order chi connectivity index (χ1) is 11.4. The highest BCUT2D eigenvalue weighted by Gasteiger charge is 2.32. The van der Waals surface area contributed by atoms with Gasteiger partial charge in [-0.25, -0.2) is 0 Å². The number of hydrogen-bond donors (Lipinski definition) is 2. The van der Waals surface area contributed by atoms with E-state index in [-0.39, 0.29) is 20.7 Å². The van der Waals surface area contributed by atoms with Gasteiger partial charge in [0.2, 0.25) is 0 Å². The van der Waals surface area contributed by atoms with Crippen molar-refractivity contribution in [3.63, 3.8) is 0 Å². The Kier molecular flexibility index (Phi) is 5.23. The first-order valence-electron chi connectivity index (χ1n) is 6.43. The molecule has 0 aliphatic carbocycles. The summed E-state index contributed by atoms with van der Waals surface area (Å²) in [4.78, 5) is 24.7. The molecule has 0 bridgehead atoms. The molecule has 1 aromatic rings. The average molecular weight is 361 g/mol. The number of nitriles is 1. The highest BCUT2D eigenvalue weighted by molar-refractivity contribution is 8.26. The van der Waals surface area contributed by atoms with Crippen molar-refractivity contribution in [2.24, 2.45) is 5.73 Å². The van der Waals surface area contributed by atoms with E-state index in [1.807, 2.05) is 0 Å². The number of phenolic OH excluding ortho intramolecular Hbond substituents is 1. The summed E-state index contributed by atoms with van der Waals surface area (Å²) in [6.07, 6.45) is 2.45. The Bertz CT molecular complexity index is 840. The van der Waals surface area contributed by atoms with E-state index in [9.17, 15) is 14.7 Å². The van der Waals surface area contributed by atoms with Crippen molar-refractivity contribution in [3.05, 3.63) is 40.4 Å². The number of carbonyl (C=O) groups excluding carboxylic acids is 2. The number of nitrogens with zero attached hydrogens (tertiary/aromatic N) is 2. The molecule has 1 saturated heterocycles. The Morgan fingerprint density at radius 3 is 2.83 bits per heavy atom. The minimum absolute atomic E-state index is 0.115. The van der Waals surface area contributed by atoms with Gasteiger partial charge in [-0.2, -0.15) is 5.26 Å². The summed E-state index contributed by atoms with van der Waals surface area (Å²) in [6, 6.07) is 6.44. The van der Waals surface area contributed by atoms with Crippen LogP contribution >= 0.6 is 24.0 Å². The standard InChI is InChI=1S/C15H11N3O4S2/c1-22-10-4-2-3-8(12(10)19)5-11-14(21)18(15(23)24-11)7-9(6-16)13(17)20/h2-5,7,19H,1H3,(H2,17,20)/b9-7-,11-5+. The summed E-state index contributed by atoms with van der Waals surface area (Å²) in [5, 5.41) is 18.9. The molecular weight excluding hydrogens is 350 g/mol. The summed E-state index contributed by atoms with van der Waals surface area (Å²) >= 11 is 6.05. The average Bonchev–Trinajstić information content (AvgIpc) is 2.81. The summed E-state index contributed by atoms with van der Waals surface area (Å²) in [6.45, 7) is 0. The molecular formula is C15H11N3O4S2. The second kappa shape index (κ2) is 7.16. The summed E-state index contributed by atoms with van der Waals surface area (Å²) in [5.74, 6) is -1.34. The maximum atomic E-state index is 12.4. The number of rotatable bonds is 4. The van der Waals surface area contributed by atoms with E-state index in [2.05, 4.69) is 0 Å². The largest absolute Gasteiger partial charge is 0.504 e. The fraction of sp³-hybridized carbons (Fsp3) is 0.0667. The van der Waals surface area contributed by atoms with Gasteiger partial charge in [-0.1, -0.05) is 36.1 Å². The number of para-hydroxylation sites is 1. The number of methoxy groups -OCH3 is 1. The molecule has 0 spiro atoms. The lowest BCUT2D eigenvalue weighted by molar-refractivity contribution is -0.120. The van der Waals surface area contributed by atoms with Crippen LogP contribution < -0.4 is 10.5 Å². The lowest BCUT2D eigenvalue weighted by atomic mass is 10.1. The molecule has 122 valence electrons. The molecule has 0 unspecified atom stereocenters. The zero-order chi connectivity index (χ0) is 17.9. The minimum Gasteiger partial charge on any atom is -0.504 e. The van der Waals surface area contributed by atoms with Crippen molar-refractivity contribution in [1.29, 1.82) is 5.26 Å². The van der Waals surface area contributed by atoms with E-state index in [1.54, 1.807) is 24.3 Å². The van der Waals surface area contributed by atoms with E-state index in [0.717, 1.165) is 22.9 Å². The third-order valence-electron chi connectivity index (χ3n) is 3.00. The van der Waals surface area contributed by atoms with Crippen molar-refractivity contribution in [2.45, 2.75) is 0 Å². The van der Waals surface area contributed by atoms with E-state index in [0.29, 0.717) is 5.56 Å². The normalized spacial score (nSPS) is 16.4. The van der Waals surface area contributed by atoms with Crippen LogP contribution in [0.25, 0.3) is 6.08 Å². The molecule has 0 atom stereocenters. The second-order valence-corrected chi connectivity index (χ2v) is 6.14. The molecule has 7 nitrogen and oxygen atoms in total. The molecule has 0 aromatic heterocycles. The van der Waals surface area contributed by atoms with Gasteiger partial charge in [0.25, 0.3) is 11.8 Å². The lowest BCUT2D eigenvalue weighted by Gasteiger charge is -2.08. The number of phenols is 1. The van der Waals surface area contributed by atoms with Crippen molar-refractivity contribution >= 4 is 46.2 Å². The minimum atomic E-state index is -0.957. The van der Waals surface area contributed by atoms with Gasteiger partial charge in [0, 0.05) is 11.8 Å². The van der Waals surface area contributed by atoms with Gasteiger partial charge in [-0.3, -0.25) is 14.5 Å². The fourth-order valence-corrected chi connectivity index (χ4v) is 3.03. The monoisotopic (exact) mass is 361 g/mol. The van der Waals surface area contributed by atoms with Crippen LogP contribution in [0, 0.1) is 11.3 Å². The zero-order valence-electron chi connectivity index (χ0n) is 12.3. The van der Waals surface area contributed by atoms with Crippen molar-refractivity contribution in [2.75, 3.05) is 7.11 Å². The van der Waals surface area contributed by atoms with Crippen LogP contribution in [0.1, 0.15) is 5.56 Å². The number of carbonyl (C=O) groups is 2. The summed E-state index contributed by atoms with van der Waals surface area (Å²) < 4.78 is 5.15. The van der Waals surface area contributed by atoms with Gasteiger partial charge in [-0.15, -0.1) is 0 Å². The Morgan fingerprint density at radius 1 is 1.54 bits per heavy atom. The number of nitrogens with two attached hydrogens (primary N) is 1. The SMILES string of the molecule is COc1cccc(/C=C2/SC(=S)N(/C=C(/C#N)C(N)=O)C2=O)c1O. The van der Waals surface area contributed by atoms with Crippen molar-refractivity contribution in [3.8, 4) is 17.6 Å². The van der Waals surface area contributed by atoms with Crippen LogP contribution in [0.3, 0.4) is 0 Å². The van der Waals surface area contributed by atoms with Crippen molar-refractivity contribution < 1.29 is 19.4 Å². The molecule has 3 N–H and O–H groups in total. The van der Waals surface area contributed by atoms with E-state index in [1.165, 1.54) is 13.2 Å². The summed E-state index contributed by atoms with van der Waals surface area (Å²) in [5.41, 5.74) is 5.02. The number of thiocarbonyl (C=S) groups is 1. The Hall–Kier alpha value is -2.83. The van der Waals surface area contributed by atoms with Gasteiger partial charge in [0.05, 0.1) is 12.0 Å². The maximum Gasteiger partial charge on any atom is 0.270 e. The molecule has 1 fully saturated rings. The first-order valence-corrected chi connectivity index (χ1v) is 7.66. The van der Waals surface area contributed by atoms with Crippen LogP contribution in [0.4, 0.5) is 0 Å². The van der Waals surface area contributed by atoms with Gasteiger partial charge in [0.15, 0.2) is 15.8 Å². The molecule has 9 heteroatoms. The molecule has 2 rings (SSSR count). The van der Waals surface area contributed by atoms with Crippen LogP contribution in [0.5, 0.6) is 11.5 Å². The van der Waals surface area contributed by atoms with E-state index in [4.69, 9.17) is 28.0 Å². The van der Waals surface area contributed by atoms with Crippen LogP contribution in [-0.2, 0) is 9.59 Å². The van der Waals surface area contributed by atoms with Crippen LogP contribution in [0.15, 0.2) is 34.9 Å². The van der Waals surface area contributed by atoms with E-state index >= 15 is 0 Å². The molecule has 1 aromatic carbocycles. The third-order valence-corrected chi connectivity index (χ3v) is 4.33. The predicted molar refractivity (Wildman–Crippen MR) is 92.6 cm³/mol. The van der Waals surface area contributed by atoms with Crippen LogP contribution in [0.2, 0.25) is 0 Å². The number of hydrogen-bond acceptors (Lipinski definition) is 7. The predicted octanol–water partition coefficient (Wildman–Crippen LogP) is 1.49. The number of benzene rings is 1. The Balaban J connectivity index is 2.39. The fourth-order valence-electron chi connectivity index (χ4n) is 1.83. The number of amides is 2. The molecule has 0 saturated carbocycles. The molecule has 1 aliphatic rings. The highest BCUT2D eigenvalue weighted by atomic mass is 32.2. The Morgan fingerprint density at radius 2 is 2.25 bits per heavy atom. The maximum absolute atomic E-state index is 12.4.